The summed E-state index contributed by atoms with van der Waals surface area (Å²) in [7, 11) is 3.15. The molecular weight excluding hydrogens is 431 g/mol. The zero-order valence-corrected chi connectivity index (χ0v) is 19.9. The Bertz CT molecular complexity index is 1150. The van der Waals surface area contributed by atoms with E-state index in [4.69, 9.17) is 9.47 Å². The Labute approximate surface area is 200 Å². The molecule has 3 aromatic rings. The van der Waals surface area contributed by atoms with Gasteiger partial charge in [0.15, 0.2) is 11.5 Å². The average molecular weight is 463 g/mol. The number of halogens is 1. The van der Waals surface area contributed by atoms with E-state index in [0.717, 1.165) is 18.5 Å². The number of nitrogens with one attached hydrogen (secondary N) is 1. The Balaban J connectivity index is 1.55. The van der Waals surface area contributed by atoms with E-state index in [-0.39, 0.29) is 23.6 Å². The van der Waals surface area contributed by atoms with Crippen molar-refractivity contribution in [2.24, 2.45) is 5.92 Å². The van der Waals surface area contributed by atoms with E-state index in [9.17, 15) is 9.18 Å². The van der Waals surface area contributed by atoms with Crippen LogP contribution in [-0.2, 0) is 11.3 Å². The van der Waals surface area contributed by atoms with Gasteiger partial charge in [0, 0.05) is 31.4 Å². The van der Waals surface area contributed by atoms with Crippen LogP contribution in [0.5, 0.6) is 11.5 Å². The minimum atomic E-state index is -0.243. The first kappa shape index (κ1) is 23.8. The standard InChI is InChI=1S/C28H31FN2O3/c1-19-6-4-8-21(12-19)22-14-23(18-31(17-22)16-20-7-5-9-24(29)13-20)28(32)30-25-10-11-26(33-2)27(15-25)34-3/h4-13,15,22-23H,14,16-18H2,1-3H3,(H,30,32)/t22-,23+/m1/s1. The van der Waals surface area contributed by atoms with E-state index in [0.29, 0.717) is 30.3 Å². The van der Waals surface area contributed by atoms with Gasteiger partial charge in [0.25, 0.3) is 0 Å². The number of hydrogen-bond donors (Lipinski definition) is 1. The number of nitrogens with zero attached hydrogens (tertiary/aromatic N) is 1. The molecule has 2 atom stereocenters. The van der Waals surface area contributed by atoms with Crippen LogP contribution in [-0.4, -0.2) is 38.1 Å². The number of hydrogen-bond acceptors (Lipinski definition) is 4. The highest BCUT2D eigenvalue weighted by atomic mass is 19.1. The highest BCUT2D eigenvalue weighted by Gasteiger charge is 2.32. The maximum absolute atomic E-state index is 13.8. The van der Waals surface area contributed by atoms with Crippen molar-refractivity contribution in [1.29, 1.82) is 0 Å². The Morgan fingerprint density at radius 2 is 1.79 bits per heavy atom. The van der Waals surface area contributed by atoms with Gasteiger partial charge < -0.3 is 14.8 Å². The van der Waals surface area contributed by atoms with Gasteiger partial charge in [-0.25, -0.2) is 4.39 Å². The van der Waals surface area contributed by atoms with E-state index in [1.807, 2.05) is 12.1 Å². The van der Waals surface area contributed by atoms with Crippen LogP contribution in [0.4, 0.5) is 10.1 Å². The lowest BCUT2D eigenvalue weighted by atomic mass is 9.83. The van der Waals surface area contributed by atoms with Gasteiger partial charge in [-0.15, -0.1) is 0 Å². The fourth-order valence-electron chi connectivity index (χ4n) is 4.73. The third kappa shape index (κ3) is 5.75. The first-order chi connectivity index (χ1) is 16.4. The van der Waals surface area contributed by atoms with Crippen LogP contribution in [0.25, 0.3) is 0 Å². The van der Waals surface area contributed by atoms with Gasteiger partial charge in [-0.3, -0.25) is 9.69 Å². The number of anilines is 1. The minimum absolute atomic E-state index is 0.0335. The molecule has 0 unspecified atom stereocenters. The van der Waals surface area contributed by atoms with E-state index >= 15 is 0 Å². The topological polar surface area (TPSA) is 50.8 Å². The molecule has 0 aliphatic carbocycles. The normalized spacial score (nSPS) is 18.4. The molecule has 0 saturated carbocycles. The lowest BCUT2D eigenvalue weighted by molar-refractivity contribution is -0.121. The van der Waals surface area contributed by atoms with Gasteiger partial charge in [0.2, 0.25) is 5.91 Å². The van der Waals surface area contributed by atoms with Gasteiger partial charge in [0.1, 0.15) is 5.82 Å². The van der Waals surface area contributed by atoms with E-state index in [2.05, 4.69) is 41.4 Å². The van der Waals surface area contributed by atoms with Crippen molar-refractivity contribution in [2.75, 3.05) is 32.6 Å². The summed E-state index contributed by atoms with van der Waals surface area (Å²) >= 11 is 0. The van der Waals surface area contributed by atoms with Gasteiger partial charge in [-0.2, -0.15) is 0 Å². The summed E-state index contributed by atoms with van der Waals surface area (Å²) < 4.78 is 24.4. The van der Waals surface area contributed by atoms with Crippen LogP contribution in [0.1, 0.15) is 29.0 Å². The highest BCUT2D eigenvalue weighted by molar-refractivity contribution is 5.93. The number of carbonyl (C=O) groups excluding carboxylic acids is 1. The number of carbonyl (C=O) groups is 1. The molecule has 0 bridgehead atoms. The number of amides is 1. The van der Waals surface area contributed by atoms with Crippen molar-refractivity contribution in [1.82, 2.24) is 4.90 Å². The van der Waals surface area contributed by atoms with Crippen molar-refractivity contribution < 1.29 is 18.7 Å². The number of rotatable bonds is 7. The quantitative estimate of drug-likeness (QED) is 0.511. The molecule has 4 rings (SSSR count). The fourth-order valence-corrected chi connectivity index (χ4v) is 4.73. The number of aryl methyl sites for hydroxylation is 1. The molecule has 1 amide bonds. The number of likely N-dealkylation sites (tertiary alicyclic amines) is 1. The van der Waals surface area contributed by atoms with Crippen molar-refractivity contribution in [3.63, 3.8) is 0 Å². The number of methoxy groups -OCH3 is 2. The molecule has 6 heteroatoms. The number of ether oxygens (including phenoxy) is 2. The van der Waals surface area contributed by atoms with Crippen LogP contribution < -0.4 is 14.8 Å². The van der Waals surface area contributed by atoms with Crippen molar-refractivity contribution in [2.45, 2.75) is 25.8 Å². The molecule has 3 aromatic carbocycles. The predicted octanol–water partition coefficient (Wildman–Crippen LogP) is 5.40. The summed E-state index contributed by atoms with van der Waals surface area (Å²) in [6.07, 6.45) is 0.752. The van der Waals surface area contributed by atoms with E-state index < -0.39 is 0 Å². The molecule has 1 fully saturated rings. The largest absolute Gasteiger partial charge is 0.493 e. The van der Waals surface area contributed by atoms with Gasteiger partial charge >= 0.3 is 0 Å². The van der Waals surface area contributed by atoms with Crippen LogP contribution in [0, 0.1) is 18.7 Å². The van der Waals surface area contributed by atoms with Crippen LogP contribution in [0.3, 0.4) is 0 Å². The van der Waals surface area contributed by atoms with E-state index in [1.54, 1.807) is 38.5 Å². The number of piperidine rings is 1. The molecule has 0 aromatic heterocycles. The zero-order chi connectivity index (χ0) is 24.1. The molecule has 1 heterocycles. The smallest absolute Gasteiger partial charge is 0.228 e. The molecule has 0 radical (unpaired) electrons. The maximum atomic E-state index is 13.8. The summed E-state index contributed by atoms with van der Waals surface area (Å²) in [5.41, 5.74) is 4.00. The monoisotopic (exact) mass is 462 g/mol. The molecular formula is C28H31FN2O3. The first-order valence-corrected chi connectivity index (χ1v) is 11.5. The van der Waals surface area contributed by atoms with Crippen LogP contribution in [0.15, 0.2) is 66.7 Å². The molecule has 0 spiro atoms. The Morgan fingerprint density at radius 3 is 2.53 bits per heavy atom. The lowest BCUT2D eigenvalue weighted by Gasteiger charge is -2.37. The molecule has 1 saturated heterocycles. The second-order valence-corrected chi connectivity index (χ2v) is 8.93. The molecule has 1 N–H and O–H groups in total. The van der Waals surface area contributed by atoms with Crippen molar-refractivity contribution >= 4 is 11.6 Å². The second-order valence-electron chi connectivity index (χ2n) is 8.93. The molecule has 178 valence electrons. The summed E-state index contributed by atoms with van der Waals surface area (Å²) in [4.78, 5) is 15.6. The Morgan fingerprint density at radius 1 is 1.00 bits per heavy atom. The Kier molecular flexibility index (Phi) is 7.48. The Hall–Kier alpha value is -3.38. The minimum Gasteiger partial charge on any atom is -0.493 e. The second kappa shape index (κ2) is 10.7. The first-order valence-electron chi connectivity index (χ1n) is 11.5. The van der Waals surface area contributed by atoms with Gasteiger partial charge in [0.05, 0.1) is 20.1 Å². The molecule has 34 heavy (non-hydrogen) atoms. The average Bonchev–Trinajstić information content (AvgIpc) is 2.83. The fraction of sp³-hybridized carbons (Fsp3) is 0.321. The van der Waals surface area contributed by atoms with Crippen LogP contribution >= 0.6 is 0 Å². The summed E-state index contributed by atoms with van der Waals surface area (Å²) in [5, 5.41) is 3.05. The molecule has 5 nitrogen and oxygen atoms in total. The lowest BCUT2D eigenvalue weighted by Crippen LogP contribution is -2.43. The SMILES string of the molecule is COc1ccc(NC(=O)[C@H]2C[C@@H](c3cccc(C)c3)CN(Cc3cccc(F)c3)C2)cc1OC. The van der Waals surface area contributed by atoms with Crippen LogP contribution in [0.2, 0.25) is 0 Å². The molecule has 1 aliphatic heterocycles. The summed E-state index contributed by atoms with van der Waals surface area (Å²) in [6.45, 7) is 4.11. The van der Waals surface area contributed by atoms with Gasteiger partial charge in [-0.1, -0.05) is 42.0 Å². The van der Waals surface area contributed by atoms with Crippen molar-refractivity contribution in [3.05, 3.63) is 89.2 Å². The third-order valence-corrected chi connectivity index (χ3v) is 6.36. The third-order valence-electron chi connectivity index (χ3n) is 6.36. The van der Waals surface area contributed by atoms with Crippen molar-refractivity contribution in [3.8, 4) is 11.5 Å². The predicted molar refractivity (Wildman–Crippen MR) is 132 cm³/mol. The highest BCUT2D eigenvalue weighted by Crippen LogP contribution is 2.34. The van der Waals surface area contributed by atoms with E-state index in [1.165, 1.54) is 17.2 Å². The maximum Gasteiger partial charge on any atom is 0.228 e. The summed E-state index contributed by atoms with van der Waals surface area (Å²) in [6, 6.07) is 20.5. The zero-order valence-electron chi connectivity index (χ0n) is 19.9. The van der Waals surface area contributed by atoms with Gasteiger partial charge in [-0.05, 0) is 54.7 Å². The molecule has 1 aliphatic rings. The number of benzene rings is 3. The summed E-state index contributed by atoms with van der Waals surface area (Å²) in [5.74, 6) is 0.902.